The third-order valence-electron chi connectivity index (χ3n) is 1.84. The van der Waals surface area contributed by atoms with Gasteiger partial charge in [0.05, 0.1) is 23.5 Å². The van der Waals surface area contributed by atoms with E-state index >= 15 is 0 Å². The summed E-state index contributed by atoms with van der Waals surface area (Å²) in [6.45, 7) is 1.38. The first-order valence-electron chi connectivity index (χ1n) is 4.26. The standard InChI is InChI=1S/C9H14ClN3O/c1-13(3-4-14-2)9-8(10)5-7(11)6-12-9/h5-6H,3-4,11H2,1-2H3. The molecule has 1 rings (SSSR count). The van der Waals surface area contributed by atoms with Crippen molar-refractivity contribution in [3.63, 3.8) is 0 Å². The second-order valence-electron chi connectivity index (χ2n) is 2.99. The normalized spacial score (nSPS) is 10.2. The lowest BCUT2D eigenvalue weighted by Crippen LogP contribution is -2.23. The molecule has 14 heavy (non-hydrogen) atoms. The number of likely N-dealkylation sites (N-methyl/N-ethyl adjacent to an activating group) is 1. The van der Waals surface area contributed by atoms with E-state index in [-0.39, 0.29) is 0 Å². The second-order valence-corrected chi connectivity index (χ2v) is 3.40. The molecule has 0 saturated carbocycles. The van der Waals surface area contributed by atoms with E-state index in [1.165, 1.54) is 0 Å². The minimum atomic E-state index is 0.559. The average Bonchev–Trinajstić information content (AvgIpc) is 2.14. The van der Waals surface area contributed by atoms with Gasteiger partial charge in [-0.2, -0.15) is 0 Å². The van der Waals surface area contributed by atoms with Crippen LogP contribution in [-0.4, -0.2) is 32.3 Å². The fourth-order valence-electron chi connectivity index (χ4n) is 1.06. The molecule has 1 aromatic rings. The van der Waals surface area contributed by atoms with Gasteiger partial charge in [0.15, 0.2) is 0 Å². The van der Waals surface area contributed by atoms with Crippen molar-refractivity contribution in [3.05, 3.63) is 17.3 Å². The second kappa shape index (κ2) is 5.02. The molecule has 0 aliphatic heterocycles. The minimum Gasteiger partial charge on any atom is -0.397 e. The Morgan fingerprint density at radius 1 is 1.64 bits per heavy atom. The zero-order chi connectivity index (χ0) is 10.6. The largest absolute Gasteiger partial charge is 0.397 e. The molecule has 0 saturated heterocycles. The maximum Gasteiger partial charge on any atom is 0.147 e. The topological polar surface area (TPSA) is 51.4 Å². The Bertz CT molecular complexity index is 306. The quantitative estimate of drug-likeness (QED) is 0.825. The summed E-state index contributed by atoms with van der Waals surface area (Å²) < 4.78 is 4.96. The van der Waals surface area contributed by atoms with Crippen molar-refractivity contribution in [3.8, 4) is 0 Å². The van der Waals surface area contributed by atoms with Gasteiger partial charge in [-0.25, -0.2) is 4.98 Å². The van der Waals surface area contributed by atoms with E-state index in [4.69, 9.17) is 22.1 Å². The molecular weight excluding hydrogens is 202 g/mol. The van der Waals surface area contributed by atoms with E-state index in [9.17, 15) is 0 Å². The van der Waals surface area contributed by atoms with Crippen molar-refractivity contribution >= 4 is 23.1 Å². The summed E-state index contributed by atoms with van der Waals surface area (Å²) in [7, 11) is 3.56. The maximum atomic E-state index is 5.98. The first-order valence-corrected chi connectivity index (χ1v) is 4.64. The number of pyridine rings is 1. The van der Waals surface area contributed by atoms with Gasteiger partial charge in [0.2, 0.25) is 0 Å². The average molecular weight is 216 g/mol. The highest BCUT2D eigenvalue weighted by atomic mass is 35.5. The van der Waals surface area contributed by atoms with E-state index in [0.717, 1.165) is 12.4 Å². The van der Waals surface area contributed by atoms with Gasteiger partial charge in [0.25, 0.3) is 0 Å². The molecule has 0 unspecified atom stereocenters. The maximum absolute atomic E-state index is 5.98. The molecule has 2 N–H and O–H groups in total. The van der Waals surface area contributed by atoms with Crippen LogP contribution in [-0.2, 0) is 4.74 Å². The zero-order valence-corrected chi connectivity index (χ0v) is 9.08. The van der Waals surface area contributed by atoms with E-state index in [1.54, 1.807) is 19.4 Å². The van der Waals surface area contributed by atoms with E-state index in [0.29, 0.717) is 17.3 Å². The van der Waals surface area contributed by atoms with Crippen molar-refractivity contribution in [2.75, 3.05) is 37.9 Å². The smallest absolute Gasteiger partial charge is 0.147 e. The SMILES string of the molecule is COCCN(C)c1ncc(N)cc1Cl. The molecule has 0 aliphatic rings. The molecule has 0 spiro atoms. The molecule has 4 nitrogen and oxygen atoms in total. The van der Waals surface area contributed by atoms with Crippen molar-refractivity contribution in [2.24, 2.45) is 0 Å². The van der Waals surface area contributed by atoms with Gasteiger partial charge in [-0.1, -0.05) is 11.6 Å². The molecule has 5 heteroatoms. The van der Waals surface area contributed by atoms with Crippen molar-refractivity contribution in [1.82, 2.24) is 4.98 Å². The van der Waals surface area contributed by atoms with Crippen LogP contribution < -0.4 is 10.6 Å². The Morgan fingerprint density at radius 3 is 2.93 bits per heavy atom. The number of hydrogen-bond donors (Lipinski definition) is 1. The zero-order valence-electron chi connectivity index (χ0n) is 8.33. The number of ether oxygens (including phenoxy) is 1. The molecule has 0 bridgehead atoms. The van der Waals surface area contributed by atoms with Crippen LogP contribution in [0.15, 0.2) is 12.3 Å². The fourth-order valence-corrected chi connectivity index (χ4v) is 1.38. The number of methoxy groups -OCH3 is 1. The lowest BCUT2D eigenvalue weighted by molar-refractivity contribution is 0.206. The van der Waals surface area contributed by atoms with Gasteiger partial charge >= 0.3 is 0 Å². The van der Waals surface area contributed by atoms with E-state index in [1.807, 2.05) is 11.9 Å². The number of nitrogens with two attached hydrogens (primary N) is 1. The van der Waals surface area contributed by atoms with Crippen molar-refractivity contribution in [1.29, 1.82) is 0 Å². The number of nitrogen functional groups attached to an aromatic ring is 1. The van der Waals surface area contributed by atoms with Gasteiger partial charge in [-0.3, -0.25) is 0 Å². The van der Waals surface area contributed by atoms with Crippen LogP contribution in [0.2, 0.25) is 5.02 Å². The number of hydrogen-bond acceptors (Lipinski definition) is 4. The van der Waals surface area contributed by atoms with Crippen LogP contribution in [0, 0.1) is 0 Å². The molecule has 1 aromatic heterocycles. The van der Waals surface area contributed by atoms with Crippen molar-refractivity contribution < 1.29 is 4.74 Å². The van der Waals surface area contributed by atoms with E-state index in [2.05, 4.69) is 4.98 Å². The summed E-state index contributed by atoms with van der Waals surface area (Å²) in [5.41, 5.74) is 6.11. The molecule has 0 fully saturated rings. The lowest BCUT2D eigenvalue weighted by atomic mass is 10.4. The summed E-state index contributed by atoms with van der Waals surface area (Å²) in [4.78, 5) is 6.07. The highest BCUT2D eigenvalue weighted by molar-refractivity contribution is 6.33. The summed E-state index contributed by atoms with van der Waals surface area (Å²) in [5, 5.41) is 0.559. The summed E-state index contributed by atoms with van der Waals surface area (Å²) in [5.74, 6) is 0.720. The van der Waals surface area contributed by atoms with Crippen LogP contribution in [0.25, 0.3) is 0 Å². The molecule has 0 atom stereocenters. The predicted molar refractivity (Wildman–Crippen MR) is 58.8 cm³/mol. The Hall–Kier alpha value is -1.00. The van der Waals surface area contributed by atoms with Gasteiger partial charge in [0, 0.05) is 20.7 Å². The van der Waals surface area contributed by atoms with Gasteiger partial charge in [-0.05, 0) is 6.07 Å². The van der Waals surface area contributed by atoms with Crippen molar-refractivity contribution in [2.45, 2.75) is 0 Å². The lowest BCUT2D eigenvalue weighted by Gasteiger charge is -2.18. The number of rotatable bonds is 4. The summed E-state index contributed by atoms with van der Waals surface area (Å²) in [6.07, 6.45) is 1.59. The van der Waals surface area contributed by atoms with E-state index < -0.39 is 0 Å². The number of anilines is 2. The van der Waals surface area contributed by atoms with Crippen LogP contribution in [0.4, 0.5) is 11.5 Å². The number of halogens is 1. The van der Waals surface area contributed by atoms with Gasteiger partial charge in [-0.15, -0.1) is 0 Å². The predicted octanol–water partition coefficient (Wildman–Crippen LogP) is 1.40. The van der Waals surface area contributed by atoms with Crippen LogP contribution in [0.3, 0.4) is 0 Å². The number of nitrogens with zero attached hydrogens (tertiary/aromatic N) is 2. The first-order chi connectivity index (χ1) is 6.65. The minimum absolute atomic E-state index is 0.559. The molecule has 1 heterocycles. The Balaban J connectivity index is 2.74. The Morgan fingerprint density at radius 2 is 2.36 bits per heavy atom. The summed E-state index contributed by atoms with van der Waals surface area (Å²) >= 11 is 5.98. The highest BCUT2D eigenvalue weighted by Crippen LogP contribution is 2.23. The van der Waals surface area contributed by atoms with Gasteiger partial charge in [0.1, 0.15) is 5.82 Å². The first kappa shape index (κ1) is 11.1. The van der Waals surface area contributed by atoms with Crippen LogP contribution in [0.5, 0.6) is 0 Å². The van der Waals surface area contributed by atoms with Gasteiger partial charge < -0.3 is 15.4 Å². The monoisotopic (exact) mass is 215 g/mol. The highest BCUT2D eigenvalue weighted by Gasteiger charge is 2.07. The number of aromatic nitrogens is 1. The molecular formula is C9H14ClN3O. The molecule has 0 radical (unpaired) electrons. The molecule has 0 aliphatic carbocycles. The molecule has 0 aromatic carbocycles. The summed E-state index contributed by atoms with van der Waals surface area (Å²) in [6, 6.07) is 1.69. The molecule has 78 valence electrons. The van der Waals surface area contributed by atoms with Crippen LogP contribution in [0.1, 0.15) is 0 Å². The fraction of sp³-hybridized carbons (Fsp3) is 0.444. The molecule has 0 amide bonds. The Kier molecular flexibility index (Phi) is 3.98. The third kappa shape index (κ3) is 2.75. The third-order valence-corrected chi connectivity index (χ3v) is 2.11. The Labute approximate surface area is 88.6 Å². The van der Waals surface area contributed by atoms with Crippen LogP contribution >= 0.6 is 11.6 Å².